The maximum Gasteiger partial charge on any atom is 0.252 e. The molecule has 94 valence electrons. The normalized spacial score (nSPS) is 17.2. The van der Waals surface area contributed by atoms with Gasteiger partial charge in [-0.05, 0) is 51.7 Å². The molecule has 3 nitrogen and oxygen atoms in total. The number of carbonyl (C=O) groups excluding carboxylic acids is 1. The highest BCUT2D eigenvalue weighted by molar-refractivity contribution is 5.95. The molecule has 0 atom stereocenters. The van der Waals surface area contributed by atoms with Crippen LogP contribution in [0.4, 0.5) is 0 Å². The van der Waals surface area contributed by atoms with E-state index in [1.807, 2.05) is 32.0 Å². The number of aryl methyl sites for hydroxylation is 2. The minimum atomic E-state index is -0.644. The molecule has 0 aliphatic heterocycles. The molecule has 0 spiro atoms. The third-order valence-electron chi connectivity index (χ3n) is 3.51. The third kappa shape index (κ3) is 2.53. The van der Waals surface area contributed by atoms with Crippen molar-refractivity contribution < 1.29 is 4.79 Å². The predicted molar refractivity (Wildman–Crippen MR) is 70.2 cm³/mol. The molecule has 0 radical (unpaired) electrons. The van der Waals surface area contributed by atoms with Gasteiger partial charge >= 0.3 is 0 Å². The monoisotopic (exact) mass is 242 g/mol. The van der Waals surface area contributed by atoms with E-state index in [-0.39, 0.29) is 5.91 Å². The lowest BCUT2D eigenvalue weighted by atomic mass is 9.98. The molecular weight excluding hydrogens is 224 g/mol. The number of carbonyl (C=O) groups is 1. The van der Waals surface area contributed by atoms with Crippen molar-refractivity contribution in [3.8, 4) is 6.07 Å². The number of nitrogens with zero attached hydrogens (tertiary/aromatic N) is 1. The zero-order chi connectivity index (χ0) is 13.2. The van der Waals surface area contributed by atoms with Crippen molar-refractivity contribution in [3.05, 3.63) is 34.9 Å². The zero-order valence-electron chi connectivity index (χ0n) is 10.9. The Morgan fingerprint density at radius 2 is 1.78 bits per heavy atom. The molecule has 0 unspecified atom stereocenters. The van der Waals surface area contributed by atoms with Crippen LogP contribution in [-0.2, 0) is 0 Å². The van der Waals surface area contributed by atoms with Crippen molar-refractivity contribution in [2.45, 2.75) is 45.1 Å². The van der Waals surface area contributed by atoms with E-state index >= 15 is 0 Å². The summed E-state index contributed by atoms with van der Waals surface area (Å²) in [5, 5.41) is 12.2. The SMILES string of the molecule is Cc1cc(C)cc(C(=O)NC2(C#N)CCCC2)c1. The van der Waals surface area contributed by atoms with Crippen LogP contribution in [0, 0.1) is 25.2 Å². The maximum atomic E-state index is 12.2. The van der Waals surface area contributed by atoms with E-state index in [9.17, 15) is 10.1 Å². The van der Waals surface area contributed by atoms with Crippen LogP contribution in [0.15, 0.2) is 18.2 Å². The summed E-state index contributed by atoms with van der Waals surface area (Å²) < 4.78 is 0. The van der Waals surface area contributed by atoms with E-state index in [1.165, 1.54) is 0 Å². The Kier molecular flexibility index (Phi) is 3.38. The Morgan fingerprint density at radius 3 is 2.28 bits per heavy atom. The average molecular weight is 242 g/mol. The molecule has 1 N–H and O–H groups in total. The van der Waals surface area contributed by atoms with Gasteiger partial charge < -0.3 is 5.32 Å². The van der Waals surface area contributed by atoms with Gasteiger partial charge in [0.25, 0.3) is 5.91 Å². The van der Waals surface area contributed by atoms with E-state index in [1.54, 1.807) is 0 Å². The summed E-state index contributed by atoms with van der Waals surface area (Å²) in [6.07, 6.45) is 3.56. The van der Waals surface area contributed by atoms with Crippen molar-refractivity contribution in [1.82, 2.24) is 5.32 Å². The minimum absolute atomic E-state index is 0.134. The second-order valence-electron chi connectivity index (χ2n) is 5.23. The lowest BCUT2D eigenvalue weighted by molar-refractivity contribution is 0.0920. The molecule has 3 heteroatoms. The van der Waals surface area contributed by atoms with Gasteiger partial charge in [-0.15, -0.1) is 0 Å². The molecule has 1 saturated carbocycles. The van der Waals surface area contributed by atoms with Gasteiger partial charge in [0.15, 0.2) is 0 Å². The van der Waals surface area contributed by atoms with Crippen LogP contribution in [0.1, 0.15) is 47.2 Å². The number of nitriles is 1. The Morgan fingerprint density at radius 1 is 1.22 bits per heavy atom. The molecule has 0 bridgehead atoms. The number of hydrogen-bond acceptors (Lipinski definition) is 2. The smallest absolute Gasteiger partial charge is 0.252 e. The highest BCUT2D eigenvalue weighted by Crippen LogP contribution is 2.29. The first-order valence-corrected chi connectivity index (χ1v) is 6.37. The van der Waals surface area contributed by atoms with Crippen LogP contribution >= 0.6 is 0 Å². The van der Waals surface area contributed by atoms with Crippen LogP contribution < -0.4 is 5.32 Å². The quantitative estimate of drug-likeness (QED) is 0.867. The lowest BCUT2D eigenvalue weighted by Crippen LogP contribution is -2.45. The second kappa shape index (κ2) is 4.81. The van der Waals surface area contributed by atoms with Gasteiger partial charge in [-0.1, -0.05) is 17.2 Å². The topological polar surface area (TPSA) is 52.9 Å². The Balaban J connectivity index is 2.19. The summed E-state index contributed by atoms with van der Waals surface area (Å²) in [7, 11) is 0. The summed E-state index contributed by atoms with van der Waals surface area (Å²) in [6.45, 7) is 3.94. The van der Waals surface area contributed by atoms with Crippen molar-refractivity contribution in [3.63, 3.8) is 0 Å². The van der Waals surface area contributed by atoms with Gasteiger partial charge in [0.1, 0.15) is 5.54 Å². The van der Waals surface area contributed by atoms with E-state index < -0.39 is 5.54 Å². The molecule has 0 heterocycles. The van der Waals surface area contributed by atoms with E-state index in [4.69, 9.17) is 0 Å². The van der Waals surface area contributed by atoms with Gasteiger partial charge in [0.2, 0.25) is 0 Å². The summed E-state index contributed by atoms with van der Waals surface area (Å²) in [5.74, 6) is -0.134. The summed E-state index contributed by atoms with van der Waals surface area (Å²) >= 11 is 0. The molecule has 0 saturated heterocycles. The summed E-state index contributed by atoms with van der Waals surface area (Å²) in [4.78, 5) is 12.2. The van der Waals surface area contributed by atoms with Crippen LogP contribution in [0.5, 0.6) is 0 Å². The third-order valence-corrected chi connectivity index (χ3v) is 3.51. The van der Waals surface area contributed by atoms with Crippen LogP contribution in [0.25, 0.3) is 0 Å². The molecular formula is C15H18N2O. The molecule has 1 aromatic carbocycles. The second-order valence-corrected chi connectivity index (χ2v) is 5.23. The molecule has 1 amide bonds. The fourth-order valence-corrected chi connectivity index (χ4v) is 2.64. The molecule has 0 aromatic heterocycles. The van der Waals surface area contributed by atoms with Gasteiger partial charge in [0.05, 0.1) is 6.07 Å². The molecule has 1 fully saturated rings. The van der Waals surface area contributed by atoms with E-state index in [2.05, 4.69) is 11.4 Å². The number of benzene rings is 1. The Hall–Kier alpha value is -1.82. The maximum absolute atomic E-state index is 12.2. The molecule has 1 aliphatic carbocycles. The van der Waals surface area contributed by atoms with Crippen LogP contribution in [-0.4, -0.2) is 11.4 Å². The largest absolute Gasteiger partial charge is 0.334 e. The fourth-order valence-electron chi connectivity index (χ4n) is 2.64. The van der Waals surface area contributed by atoms with Gasteiger partial charge in [-0.3, -0.25) is 4.79 Å². The average Bonchev–Trinajstić information content (AvgIpc) is 2.77. The fraction of sp³-hybridized carbons (Fsp3) is 0.467. The number of nitrogens with one attached hydrogen (secondary N) is 1. The van der Waals surface area contributed by atoms with Crippen LogP contribution in [0.2, 0.25) is 0 Å². The van der Waals surface area contributed by atoms with E-state index in [0.29, 0.717) is 5.56 Å². The summed E-state index contributed by atoms with van der Waals surface area (Å²) in [5.41, 5.74) is 2.14. The number of rotatable bonds is 2. The first-order valence-electron chi connectivity index (χ1n) is 6.37. The summed E-state index contributed by atoms with van der Waals surface area (Å²) in [6, 6.07) is 8.04. The van der Waals surface area contributed by atoms with Crippen molar-refractivity contribution in [2.24, 2.45) is 0 Å². The highest BCUT2D eigenvalue weighted by Gasteiger charge is 2.35. The standard InChI is InChI=1S/C15H18N2O/c1-11-7-12(2)9-13(8-11)14(18)17-15(10-16)5-3-4-6-15/h7-9H,3-6H2,1-2H3,(H,17,18). The van der Waals surface area contributed by atoms with Crippen LogP contribution in [0.3, 0.4) is 0 Å². The van der Waals surface area contributed by atoms with Crippen molar-refractivity contribution >= 4 is 5.91 Å². The lowest BCUT2D eigenvalue weighted by Gasteiger charge is -2.22. The first-order chi connectivity index (χ1) is 8.54. The van der Waals surface area contributed by atoms with Gasteiger partial charge in [0, 0.05) is 5.56 Å². The van der Waals surface area contributed by atoms with Crippen molar-refractivity contribution in [2.75, 3.05) is 0 Å². The zero-order valence-corrected chi connectivity index (χ0v) is 10.9. The van der Waals surface area contributed by atoms with Crippen molar-refractivity contribution in [1.29, 1.82) is 5.26 Å². The van der Waals surface area contributed by atoms with Gasteiger partial charge in [-0.2, -0.15) is 5.26 Å². The number of amides is 1. The molecule has 2 rings (SSSR count). The Labute approximate surface area is 108 Å². The number of hydrogen-bond donors (Lipinski definition) is 1. The molecule has 1 aromatic rings. The predicted octanol–water partition coefficient (Wildman–Crippen LogP) is 2.87. The Bertz CT molecular complexity index is 487. The highest BCUT2D eigenvalue weighted by atomic mass is 16.1. The van der Waals surface area contributed by atoms with Gasteiger partial charge in [-0.25, -0.2) is 0 Å². The minimum Gasteiger partial charge on any atom is -0.334 e. The van der Waals surface area contributed by atoms with E-state index in [0.717, 1.165) is 36.8 Å². The first kappa shape index (κ1) is 12.6. The molecule has 1 aliphatic rings. The molecule has 18 heavy (non-hydrogen) atoms.